The zero-order chi connectivity index (χ0) is 40.2. The number of rotatable bonds is 14. The molecule has 0 aromatic carbocycles. The number of Topliss-reactive ketones (excluding diaryl/α,β-unsaturated/α-hetero) is 3. The lowest BCUT2D eigenvalue weighted by atomic mass is 9.73. The minimum atomic E-state index is -1.00. The number of carbonyl (C=O) groups is 6. The molecule has 6 aliphatic rings. The van der Waals surface area contributed by atoms with E-state index in [0.29, 0.717) is 38.4 Å². The van der Waals surface area contributed by atoms with Crippen molar-refractivity contribution in [1.82, 2.24) is 14.7 Å². The number of nitrogens with two attached hydrogens (primary N) is 1. The average Bonchev–Trinajstić information content (AvgIpc) is 3.30. The Morgan fingerprint density at radius 2 is 1.40 bits per heavy atom. The van der Waals surface area contributed by atoms with Crippen LogP contribution in [0.1, 0.15) is 151 Å². The van der Waals surface area contributed by atoms with Gasteiger partial charge < -0.3 is 15.5 Å². The summed E-state index contributed by atoms with van der Waals surface area (Å²) in [5, 5.41) is 0. The van der Waals surface area contributed by atoms with Gasteiger partial charge in [0.25, 0.3) is 5.91 Å². The Hall–Kier alpha value is -2.62. The summed E-state index contributed by atoms with van der Waals surface area (Å²) in [4.78, 5) is 89.7. The van der Waals surface area contributed by atoms with E-state index in [-0.39, 0.29) is 76.9 Å². The van der Waals surface area contributed by atoms with Gasteiger partial charge in [-0.3, -0.25) is 33.7 Å². The van der Waals surface area contributed by atoms with Crippen LogP contribution >= 0.6 is 0 Å². The summed E-state index contributed by atoms with van der Waals surface area (Å²) < 4.78 is 0. The molecule has 6 fully saturated rings. The molecule has 1 unspecified atom stereocenters. The zero-order valence-corrected chi connectivity index (χ0v) is 35.4. The fourth-order valence-electron chi connectivity index (χ4n) is 12.4. The van der Waals surface area contributed by atoms with Crippen LogP contribution in [0.25, 0.3) is 0 Å². The summed E-state index contributed by atoms with van der Waals surface area (Å²) >= 11 is 0. The summed E-state index contributed by atoms with van der Waals surface area (Å²) in [6.07, 6.45) is 12.6. The van der Waals surface area contributed by atoms with Gasteiger partial charge in [0.2, 0.25) is 17.6 Å². The van der Waals surface area contributed by atoms with Crippen molar-refractivity contribution >= 4 is 35.1 Å². The number of primary amides is 1. The highest BCUT2D eigenvalue weighted by Crippen LogP contribution is 2.88. The third kappa shape index (κ3) is 7.60. The van der Waals surface area contributed by atoms with Crippen LogP contribution in [0.3, 0.4) is 0 Å². The molecular formula is C45H72N4O6. The number of piperazine rings is 1. The highest BCUT2D eigenvalue weighted by atomic mass is 16.2. The van der Waals surface area contributed by atoms with Gasteiger partial charge in [0.15, 0.2) is 5.78 Å². The second-order valence-corrected chi connectivity index (χ2v) is 20.9. The Morgan fingerprint density at radius 1 is 0.782 bits per heavy atom. The maximum atomic E-state index is 15.1. The molecule has 2 heterocycles. The van der Waals surface area contributed by atoms with Gasteiger partial charge in [-0.2, -0.15) is 0 Å². The van der Waals surface area contributed by atoms with Gasteiger partial charge in [-0.15, -0.1) is 0 Å². The quantitative estimate of drug-likeness (QED) is 0.203. The standard InChI is InChI=1S/C45H72N4O6/c1-28-25-48(26-29(2)47(28)8)40(54)34(31-16-10-9-11-17-31)22-33(50)23-35(42(3,4)5)41(55)49-27-45(43(6,7)44(45)18-13-19-44)24-36(49)37(51)21-32(38(52)39(46)53)20-30-14-12-15-30/h28-32,34-36H,9-27H2,1-8H3,(H2,46,53)/t28-,29+,32?,34-,35+,36-,45+/m0/s1. The van der Waals surface area contributed by atoms with Crippen molar-refractivity contribution in [3.05, 3.63) is 0 Å². The molecule has 2 N–H and O–H groups in total. The topological polar surface area (TPSA) is 138 Å². The second-order valence-electron chi connectivity index (χ2n) is 20.9. The van der Waals surface area contributed by atoms with Crippen molar-refractivity contribution in [3.63, 3.8) is 0 Å². The van der Waals surface area contributed by atoms with Crippen molar-refractivity contribution in [2.75, 3.05) is 26.7 Å². The number of nitrogens with zero attached hydrogens (tertiary/aromatic N) is 3. The Morgan fingerprint density at radius 3 is 1.89 bits per heavy atom. The van der Waals surface area contributed by atoms with Crippen LogP contribution in [0.2, 0.25) is 0 Å². The fourth-order valence-corrected chi connectivity index (χ4v) is 12.4. The molecule has 0 aromatic heterocycles. The highest BCUT2D eigenvalue weighted by molar-refractivity contribution is 6.36. The van der Waals surface area contributed by atoms with E-state index in [2.05, 4.69) is 39.6 Å². The van der Waals surface area contributed by atoms with Crippen LogP contribution in [0.4, 0.5) is 0 Å². The second kappa shape index (κ2) is 15.6. The normalized spacial score (nSPS) is 31.0. The minimum absolute atomic E-state index is 0.0256. The molecule has 7 atom stereocenters. The highest BCUT2D eigenvalue weighted by Gasteiger charge is 2.85. The molecule has 308 valence electrons. The Labute approximate surface area is 330 Å². The zero-order valence-electron chi connectivity index (χ0n) is 35.4. The average molecular weight is 765 g/mol. The van der Waals surface area contributed by atoms with Crippen molar-refractivity contribution in [3.8, 4) is 0 Å². The van der Waals surface area contributed by atoms with Gasteiger partial charge in [0.1, 0.15) is 5.78 Å². The molecule has 10 heteroatoms. The third-order valence-corrected chi connectivity index (χ3v) is 16.8. The predicted molar refractivity (Wildman–Crippen MR) is 212 cm³/mol. The first-order chi connectivity index (χ1) is 25.7. The van der Waals surface area contributed by atoms with Gasteiger partial charge >= 0.3 is 0 Å². The number of likely N-dealkylation sites (tertiary alicyclic amines) is 1. The van der Waals surface area contributed by atoms with Crippen LogP contribution < -0.4 is 5.73 Å². The van der Waals surface area contributed by atoms with Gasteiger partial charge in [-0.25, -0.2) is 0 Å². The first-order valence-electron chi connectivity index (χ1n) is 21.9. The SMILES string of the molecule is C[C@@H]1CN(C(=O)[C@@H](CC(=O)C[C@H](C(=O)N2C[C@]3(C[C@H]2C(=O)CC(CC2CCC2)C(=O)C(N)=O)C(C)(C)C32CCC2)C(C)(C)C)C2CCCCC2)C[C@H](C)N1C. The van der Waals surface area contributed by atoms with Gasteiger partial charge in [-0.1, -0.05) is 79.6 Å². The molecule has 2 spiro atoms. The van der Waals surface area contributed by atoms with E-state index >= 15 is 4.79 Å². The molecule has 0 radical (unpaired) electrons. The molecule has 0 aromatic rings. The predicted octanol–water partition coefficient (Wildman–Crippen LogP) is 6.36. The Kier molecular flexibility index (Phi) is 11.9. The first-order valence-corrected chi connectivity index (χ1v) is 21.9. The van der Waals surface area contributed by atoms with E-state index in [4.69, 9.17) is 5.73 Å². The molecule has 2 aliphatic heterocycles. The molecule has 4 aliphatic carbocycles. The Bertz CT molecular complexity index is 1510. The molecular weight excluding hydrogens is 693 g/mol. The van der Waals surface area contributed by atoms with E-state index in [9.17, 15) is 24.0 Å². The lowest BCUT2D eigenvalue weighted by Gasteiger charge is -2.44. The van der Waals surface area contributed by atoms with E-state index < -0.39 is 40.9 Å². The van der Waals surface area contributed by atoms with Crippen molar-refractivity contribution in [1.29, 1.82) is 0 Å². The molecule has 55 heavy (non-hydrogen) atoms. The lowest BCUT2D eigenvalue weighted by molar-refractivity contribution is -0.148. The smallest absolute Gasteiger partial charge is 0.285 e. The van der Waals surface area contributed by atoms with E-state index in [0.717, 1.165) is 70.6 Å². The number of fused-ring (bicyclic) bond motifs is 1. The minimum Gasteiger partial charge on any atom is -0.363 e. The van der Waals surface area contributed by atoms with E-state index in [1.54, 1.807) is 4.90 Å². The largest absolute Gasteiger partial charge is 0.363 e. The molecule has 10 nitrogen and oxygen atoms in total. The van der Waals surface area contributed by atoms with Crippen LogP contribution in [0.5, 0.6) is 0 Å². The first kappa shape index (κ1) is 42.0. The summed E-state index contributed by atoms with van der Waals surface area (Å²) in [5.74, 6) is -3.37. The molecule has 3 amide bonds. The number of hydrogen-bond donors (Lipinski definition) is 1. The maximum Gasteiger partial charge on any atom is 0.285 e. The van der Waals surface area contributed by atoms with Gasteiger partial charge in [0.05, 0.1) is 6.04 Å². The van der Waals surface area contributed by atoms with E-state index in [1.165, 1.54) is 0 Å². The monoisotopic (exact) mass is 765 g/mol. The van der Waals surface area contributed by atoms with Crippen LogP contribution in [-0.2, 0) is 28.8 Å². The van der Waals surface area contributed by atoms with Gasteiger partial charge in [0, 0.05) is 74.1 Å². The van der Waals surface area contributed by atoms with Crippen LogP contribution in [-0.4, -0.2) is 94.6 Å². The van der Waals surface area contributed by atoms with Crippen LogP contribution in [0.15, 0.2) is 0 Å². The maximum absolute atomic E-state index is 15.1. The lowest BCUT2D eigenvalue weighted by Crippen LogP contribution is -2.58. The van der Waals surface area contributed by atoms with Crippen LogP contribution in [0, 0.1) is 51.2 Å². The summed E-state index contributed by atoms with van der Waals surface area (Å²) in [6.45, 7) is 16.6. The number of amides is 3. The number of likely N-dealkylation sites (N-methyl/N-ethyl adjacent to an activating group) is 1. The molecule has 6 rings (SSSR count). The third-order valence-electron chi connectivity index (χ3n) is 16.8. The number of carbonyl (C=O) groups excluding carboxylic acids is 6. The number of ketones is 3. The summed E-state index contributed by atoms with van der Waals surface area (Å²) in [5.41, 5.74) is 4.76. The molecule has 4 saturated carbocycles. The molecule has 0 bridgehead atoms. The molecule has 2 saturated heterocycles. The van der Waals surface area contributed by atoms with Crippen molar-refractivity contribution in [2.45, 2.75) is 169 Å². The summed E-state index contributed by atoms with van der Waals surface area (Å²) in [7, 11) is 2.10. The van der Waals surface area contributed by atoms with E-state index in [1.807, 2.05) is 25.7 Å². The Balaban J connectivity index is 1.24. The number of hydrogen-bond acceptors (Lipinski definition) is 7. The van der Waals surface area contributed by atoms with Crippen molar-refractivity contribution in [2.24, 2.45) is 57.0 Å². The van der Waals surface area contributed by atoms with Crippen molar-refractivity contribution < 1.29 is 28.8 Å². The fraction of sp³-hybridized carbons (Fsp3) is 0.867. The summed E-state index contributed by atoms with van der Waals surface area (Å²) in [6, 6.07) is -0.250. The van der Waals surface area contributed by atoms with Gasteiger partial charge in [-0.05, 0) is 87.5 Å².